The lowest BCUT2D eigenvalue weighted by atomic mass is 9.33. The van der Waals surface area contributed by atoms with Crippen molar-refractivity contribution < 1.29 is 15.1 Å². The van der Waals surface area contributed by atoms with Gasteiger partial charge in [0.05, 0.1) is 11.1 Å². The third-order valence-electron chi connectivity index (χ3n) is 12.7. The number of carboxylic acids is 1. The topological polar surface area (TPSA) is 69.9 Å². The molecule has 5 rings (SSSR count). The minimum Gasteiger partial charge on any atom is -0.481 e. The van der Waals surface area contributed by atoms with E-state index < -0.39 is 11.4 Å². The molecule has 190 valence electrons. The molecule has 0 spiro atoms. The molecule has 4 saturated carbocycles. The third kappa shape index (κ3) is 2.95. The number of aliphatic carboxylic acids is 1. The number of hydrogen-bond acceptors (Lipinski definition) is 3. The standard InChI is InChI=1S/C30H47NO3/c1-25(2)12-14-30(24(32)33)15-13-28(6)20(21(30)18-25)8-9-23-27(5)17-19(31-34)16-26(3,4)22(27)10-11-29(23,28)7/h8,21-23,34H,9-18H2,1-7H3,(H,32,33)/b31-19-/t21?,22?,23?,27-,28+,29+,30-/m0/s1. The van der Waals surface area contributed by atoms with Gasteiger partial charge >= 0.3 is 5.97 Å². The maximum absolute atomic E-state index is 12.8. The van der Waals surface area contributed by atoms with E-state index in [4.69, 9.17) is 0 Å². The van der Waals surface area contributed by atoms with Crippen LogP contribution in [0.4, 0.5) is 0 Å². The summed E-state index contributed by atoms with van der Waals surface area (Å²) in [4.78, 5) is 12.8. The molecule has 4 heteroatoms. The van der Waals surface area contributed by atoms with Crippen LogP contribution in [-0.2, 0) is 4.79 Å². The molecule has 4 fully saturated rings. The monoisotopic (exact) mass is 469 g/mol. The van der Waals surface area contributed by atoms with Gasteiger partial charge in [-0.3, -0.25) is 4.79 Å². The van der Waals surface area contributed by atoms with Gasteiger partial charge in [0.15, 0.2) is 0 Å². The van der Waals surface area contributed by atoms with Gasteiger partial charge in [-0.15, -0.1) is 0 Å². The van der Waals surface area contributed by atoms with Crippen molar-refractivity contribution in [2.24, 2.45) is 55.4 Å². The van der Waals surface area contributed by atoms with Crippen molar-refractivity contribution >= 4 is 11.7 Å². The van der Waals surface area contributed by atoms with Gasteiger partial charge in [-0.1, -0.05) is 65.3 Å². The number of hydrogen-bond donors (Lipinski definition) is 2. The summed E-state index contributed by atoms with van der Waals surface area (Å²) in [5, 5.41) is 24.1. The number of rotatable bonds is 1. The molecule has 0 aromatic carbocycles. The summed E-state index contributed by atoms with van der Waals surface area (Å²) < 4.78 is 0. The minimum absolute atomic E-state index is 0.0407. The van der Waals surface area contributed by atoms with Crippen LogP contribution >= 0.6 is 0 Å². The van der Waals surface area contributed by atoms with Gasteiger partial charge in [0.25, 0.3) is 0 Å². The Bertz CT molecular complexity index is 962. The molecule has 0 bridgehead atoms. The summed E-state index contributed by atoms with van der Waals surface area (Å²) in [6.07, 6.45) is 12.4. The van der Waals surface area contributed by atoms with Gasteiger partial charge < -0.3 is 10.3 Å². The van der Waals surface area contributed by atoms with Crippen molar-refractivity contribution in [3.05, 3.63) is 11.6 Å². The Morgan fingerprint density at radius 1 is 0.941 bits per heavy atom. The lowest BCUT2D eigenvalue weighted by Crippen LogP contribution is -2.64. The highest BCUT2D eigenvalue weighted by molar-refractivity contribution is 5.86. The molecular weight excluding hydrogens is 422 g/mol. The van der Waals surface area contributed by atoms with Crippen LogP contribution in [0.3, 0.4) is 0 Å². The lowest BCUT2D eigenvalue weighted by Gasteiger charge is -2.70. The Labute approximate surface area is 206 Å². The van der Waals surface area contributed by atoms with E-state index in [9.17, 15) is 15.1 Å². The summed E-state index contributed by atoms with van der Waals surface area (Å²) in [5.74, 6) is 0.750. The molecule has 0 heterocycles. The first-order valence-corrected chi connectivity index (χ1v) is 13.8. The van der Waals surface area contributed by atoms with Crippen molar-refractivity contribution in [3.8, 4) is 0 Å². The average molecular weight is 470 g/mol. The van der Waals surface area contributed by atoms with Crippen molar-refractivity contribution in [1.82, 2.24) is 0 Å². The number of carboxylic acid groups (broad SMARTS) is 1. The first-order valence-electron chi connectivity index (χ1n) is 13.8. The van der Waals surface area contributed by atoms with Gasteiger partial charge in [0.2, 0.25) is 0 Å². The first-order chi connectivity index (χ1) is 15.7. The number of carbonyl (C=O) groups is 1. The maximum Gasteiger partial charge on any atom is 0.310 e. The van der Waals surface area contributed by atoms with Gasteiger partial charge in [0.1, 0.15) is 0 Å². The molecule has 4 nitrogen and oxygen atoms in total. The zero-order valence-corrected chi connectivity index (χ0v) is 22.6. The molecule has 0 radical (unpaired) electrons. The molecule has 0 amide bonds. The van der Waals surface area contributed by atoms with Crippen molar-refractivity contribution in [3.63, 3.8) is 0 Å². The van der Waals surface area contributed by atoms with Crippen LogP contribution < -0.4 is 0 Å². The molecule has 3 unspecified atom stereocenters. The smallest absolute Gasteiger partial charge is 0.310 e. The van der Waals surface area contributed by atoms with Gasteiger partial charge in [-0.2, -0.15) is 0 Å². The first kappa shape index (κ1) is 24.4. The third-order valence-corrected chi connectivity index (χ3v) is 12.7. The highest BCUT2D eigenvalue weighted by Gasteiger charge is 2.69. The lowest BCUT2D eigenvalue weighted by molar-refractivity contribution is -0.180. The SMILES string of the molecule is CC1(C)CC[C@]2(C(=O)O)CC[C@]3(C)C(=CCC4[C@@]5(C)C/C(=N\O)CC(C)(C)C5CC[C@]43C)C2C1. The van der Waals surface area contributed by atoms with E-state index >= 15 is 0 Å². The van der Waals surface area contributed by atoms with Crippen LogP contribution in [-0.4, -0.2) is 22.0 Å². The molecule has 0 aromatic heterocycles. The number of fused-ring (bicyclic) bond motifs is 7. The molecule has 0 aromatic rings. The zero-order valence-electron chi connectivity index (χ0n) is 22.6. The van der Waals surface area contributed by atoms with Gasteiger partial charge in [0, 0.05) is 0 Å². The number of allylic oxidation sites excluding steroid dienone is 2. The molecule has 34 heavy (non-hydrogen) atoms. The second-order valence-electron chi connectivity index (χ2n) is 15.2. The second kappa shape index (κ2) is 7.13. The average Bonchev–Trinajstić information content (AvgIpc) is 2.72. The quantitative estimate of drug-likeness (QED) is 0.235. The van der Waals surface area contributed by atoms with Crippen LogP contribution in [0.25, 0.3) is 0 Å². The van der Waals surface area contributed by atoms with Crippen molar-refractivity contribution in [1.29, 1.82) is 0 Å². The summed E-state index contributed by atoms with van der Waals surface area (Å²) in [6, 6.07) is 0. The highest BCUT2D eigenvalue weighted by atomic mass is 16.4. The van der Waals surface area contributed by atoms with E-state index in [1.54, 1.807) is 0 Å². The number of oxime groups is 1. The van der Waals surface area contributed by atoms with Crippen molar-refractivity contribution in [2.75, 3.05) is 0 Å². The highest BCUT2D eigenvalue weighted by Crippen LogP contribution is 2.75. The Balaban J connectivity index is 1.62. The minimum atomic E-state index is -0.575. The van der Waals surface area contributed by atoms with Crippen LogP contribution in [0.15, 0.2) is 16.8 Å². The molecular formula is C30H47NO3. The van der Waals surface area contributed by atoms with E-state index in [0.717, 1.165) is 57.1 Å². The summed E-state index contributed by atoms with van der Waals surface area (Å²) in [5.41, 5.74) is 2.50. The van der Waals surface area contributed by atoms with E-state index in [1.165, 1.54) is 18.4 Å². The largest absolute Gasteiger partial charge is 0.481 e. The fourth-order valence-corrected chi connectivity index (χ4v) is 10.7. The van der Waals surface area contributed by atoms with E-state index in [-0.39, 0.29) is 33.0 Å². The van der Waals surface area contributed by atoms with Gasteiger partial charge in [-0.05, 0) is 109 Å². The van der Waals surface area contributed by atoms with Crippen LogP contribution in [0, 0.1) is 50.2 Å². The van der Waals surface area contributed by atoms with E-state index in [1.807, 2.05) is 0 Å². The van der Waals surface area contributed by atoms with Gasteiger partial charge in [-0.25, -0.2) is 0 Å². The number of nitrogens with zero attached hydrogens (tertiary/aromatic N) is 1. The molecule has 7 atom stereocenters. The van der Waals surface area contributed by atoms with Crippen molar-refractivity contribution in [2.45, 2.75) is 113 Å². The fraction of sp³-hybridized carbons (Fsp3) is 0.867. The normalized spacial score (nSPS) is 50.3. The van der Waals surface area contributed by atoms with Crippen LogP contribution in [0.5, 0.6) is 0 Å². The Morgan fingerprint density at radius 2 is 1.62 bits per heavy atom. The predicted octanol–water partition coefficient (Wildman–Crippen LogP) is 7.70. The Morgan fingerprint density at radius 3 is 2.26 bits per heavy atom. The molecule has 0 saturated heterocycles. The molecule has 0 aliphatic heterocycles. The Kier molecular flexibility index (Phi) is 5.11. The fourth-order valence-electron chi connectivity index (χ4n) is 10.7. The maximum atomic E-state index is 12.8. The Hall–Kier alpha value is -1.32. The second-order valence-corrected chi connectivity index (χ2v) is 15.2. The molecule has 5 aliphatic rings. The summed E-state index contributed by atoms with van der Waals surface area (Å²) >= 11 is 0. The predicted molar refractivity (Wildman–Crippen MR) is 136 cm³/mol. The molecule has 5 aliphatic carbocycles. The summed E-state index contributed by atoms with van der Waals surface area (Å²) in [6.45, 7) is 17.0. The van der Waals surface area contributed by atoms with E-state index in [2.05, 4.69) is 59.7 Å². The zero-order chi connectivity index (χ0) is 24.9. The summed E-state index contributed by atoms with van der Waals surface area (Å²) in [7, 11) is 0. The van der Waals surface area contributed by atoms with Crippen LogP contribution in [0.2, 0.25) is 0 Å². The van der Waals surface area contributed by atoms with Crippen LogP contribution in [0.1, 0.15) is 113 Å². The van der Waals surface area contributed by atoms with E-state index in [0.29, 0.717) is 11.8 Å². The molecule has 2 N–H and O–H groups in total.